The van der Waals surface area contributed by atoms with E-state index < -0.39 is 10.0 Å². The lowest BCUT2D eigenvalue weighted by Crippen LogP contribution is -2.24. The molecule has 0 fully saturated rings. The molecule has 2 rings (SSSR count). The number of fused-ring (bicyclic) bond motifs is 1. The zero-order valence-corrected chi connectivity index (χ0v) is 11.3. The van der Waals surface area contributed by atoms with Crippen LogP contribution in [0.3, 0.4) is 0 Å². The van der Waals surface area contributed by atoms with Crippen LogP contribution in [0.4, 0.5) is 5.69 Å². The number of nitrogens with one attached hydrogen (secondary N) is 1. The smallest absolute Gasteiger partial charge is 0.242 e. The van der Waals surface area contributed by atoms with Crippen LogP contribution in [-0.2, 0) is 10.0 Å². The monoisotopic (exact) mass is 274 g/mol. The maximum Gasteiger partial charge on any atom is 0.242 e. The first kappa shape index (κ1) is 13.4. The standard InChI is InChI=1S/C14H14N2O2S/c1-2-3-9-16-19(17,18)14-6-4-5-11-10-12(15)7-8-13(11)14/h4-8,10,16H,9,15H2,1H3. The fraction of sp³-hybridized carbons (Fsp3) is 0.143. The molecule has 0 spiro atoms. The lowest BCUT2D eigenvalue weighted by atomic mass is 10.1. The molecule has 0 atom stereocenters. The Bertz CT molecular complexity index is 771. The number of hydrogen-bond donors (Lipinski definition) is 2. The minimum atomic E-state index is -3.57. The second-order valence-electron chi connectivity index (χ2n) is 3.99. The van der Waals surface area contributed by atoms with E-state index in [9.17, 15) is 8.42 Å². The van der Waals surface area contributed by atoms with Crippen LogP contribution in [-0.4, -0.2) is 15.0 Å². The summed E-state index contributed by atoms with van der Waals surface area (Å²) in [6.45, 7) is 1.76. The normalized spacial score (nSPS) is 11.0. The molecule has 4 nitrogen and oxygen atoms in total. The molecule has 0 aliphatic rings. The third-order valence-corrected chi connectivity index (χ3v) is 4.14. The van der Waals surface area contributed by atoms with E-state index in [0.717, 1.165) is 5.39 Å². The second-order valence-corrected chi connectivity index (χ2v) is 5.72. The molecule has 19 heavy (non-hydrogen) atoms. The van der Waals surface area contributed by atoms with Crippen molar-refractivity contribution >= 4 is 26.5 Å². The molecule has 0 aliphatic heterocycles. The highest BCUT2D eigenvalue weighted by atomic mass is 32.2. The number of nitrogen functional groups attached to an aromatic ring is 1. The predicted molar refractivity (Wildman–Crippen MR) is 77.0 cm³/mol. The van der Waals surface area contributed by atoms with Crippen molar-refractivity contribution < 1.29 is 8.42 Å². The van der Waals surface area contributed by atoms with Gasteiger partial charge in [0, 0.05) is 11.1 Å². The Morgan fingerprint density at radius 2 is 2.05 bits per heavy atom. The lowest BCUT2D eigenvalue weighted by Gasteiger charge is -2.08. The summed E-state index contributed by atoms with van der Waals surface area (Å²) in [6.07, 6.45) is 0. The van der Waals surface area contributed by atoms with Crippen LogP contribution in [0, 0.1) is 11.8 Å². The van der Waals surface area contributed by atoms with Crippen LogP contribution >= 0.6 is 0 Å². The van der Waals surface area contributed by atoms with Crippen molar-refractivity contribution in [1.29, 1.82) is 0 Å². The van der Waals surface area contributed by atoms with Crippen molar-refractivity contribution in [2.75, 3.05) is 12.3 Å². The number of hydrogen-bond acceptors (Lipinski definition) is 3. The van der Waals surface area contributed by atoms with Crippen LogP contribution < -0.4 is 10.5 Å². The quantitative estimate of drug-likeness (QED) is 0.661. The number of nitrogens with two attached hydrogens (primary N) is 1. The number of sulfonamides is 1. The molecule has 2 aromatic rings. The van der Waals surface area contributed by atoms with Crippen molar-refractivity contribution in [3.8, 4) is 11.8 Å². The molecule has 0 radical (unpaired) electrons. The maximum atomic E-state index is 12.2. The van der Waals surface area contributed by atoms with Gasteiger partial charge >= 0.3 is 0 Å². The molecule has 0 saturated heterocycles. The van der Waals surface area contributed by atoms with Crippen LogP contribution in [0.1, 0.15) is 6.92 Å². The maximum absolute atomic E-state index is 12.2. The van der Waals surface area contributed by atoms with Gasteiger partial charge in [-0.15, -0.1) is 5.92 Å². The Morgan fingerprint density at radius 3 is 2.79 bits per heavy atom. The topological polar surface area (TPSA) is 72.2 Å². The molecule has 98 valence electrons. The van der Waals surface area contributed by atoms with Gasteiger partial charge in [-0.25, -0.2) is 8.42 Å². The highest BCUT2D eigenvalue weighted by molar-refractivity contribution is 7.89. The number of benzene rings is 2. The van der Waals surface area contributed by atoms with Crippen molar-refractivity contribution in [3.63, 3.8) is 0 Å². The van der Waals surface area contributed by atoms with Gasteiger partial charge in [0.05, 0.1) is 11.4 Å². The van der Waals surface area contributed by atoms with Gasteiger partial charge in [-0.3, -0.25) is 0 Å². The van der Waals surface area contributed by atoms with E-state index in [1.54, 1.807) is 37.3 Å². The highest BCUT2D eigenvalue weighted by Gasteiger charge is 2.16. The molecule has 0 aromatic heterocycles. The molecule has 0 unspecified atom stereocenters. The summed E-state index contributed by atoms with van der Waals surface area (Å²) in [4.78, 5) is 0.239. The average Bonchev–Trinajstić information content (AvgIpc) is 2.37. The third kappa shape index (κ3) is 2.87. The van der Waals surface area contributed by atoms with E-state index in [2.05, 4.69) is 16.6 Å². The van der Waals surface area contributed by atoms with Crippen molar-refractivity contribution in [1.82, 2.24) is 4.72 Å². The summed E-state index contributed by atoms with van der Waals surface area (Å²) < 4.78 is 26.8. The molecule has 2 aromatic carbocycles. The Kier molecular flexibility index (Phi) is 3.74. The van der Waals surface area contributed by atoms with E-state index in [1.807, 2.05) is 6.07 Å². The predicted octanol–water partition coefficient (Wildman–Crippen LogP) is 1.72. The van der Waals surface area contributed by atoms with Gasteiger partial charge in [-0.05, 0) is 30.5 Å². The molecule has 0 aliphatic carbocycles. The Balaban J connectivity index is 2.52. The number of rotatable bonds is 3. The van der Waals surface area contributed by atoms with E-state index in [1.165, 1.54) is 0 Å². The Hall–Kier alpha value is -2.03. The van der Waals surface area contributed by atoms with Crippen LogP contribution in [0.25, 0.3) is 10.8 Å². The van der Waals surface area contributed by atoms with Gasteiger partial charge in [0.2, 0.25) is 10.0 Å². The summed E-state index contributed by atoms with van der Waals surface area (Å²) in [5.41, 5.74) is 6.30. The average molecular weight is 274 g/mol. The fourth-order valence-electron chi connectivity index (χ4n) is 1.80. The van der Waals surface area contributed by atoms with Crippen LogP contribution in [0.15, 0.2) is 41.3 Å². The second kappa shape index (κ2) is 5.31. The van der Waals surface area contributed by atoms with Gasteiger partial charge in [0.1, 0.15) is 0 Å². The summed E-state index contributed by atoms with van der Waals surface area (Å²) in [5.74, 6) is 5.31. The molecular formula is C14H14N2O2S. The minimum Gasteiger partial charge on any atom is -0.399 e. The highest BCUT2D eigenvalue weighted by Crippen LogP contribution is 2.24. The van der Waals surface area contributed by atoms with Crippen LogP contribution in [0.5, 0.6) is 0 Å². The molecule has 0 amide bonds. The third-order valence-electron chi connectivity index (χ3n) is 2.68. The van der Waals surface area contributed by atoms with E-state index in [-0.39, 0.29) is 11.4 Å². The van der Waals surface area contributed by atoms with Crippen molar-refractivity contribution in [3.05, 3.63) is 36.4 Å². The van der Waals surface area contributed by atoms with Crippen molar-refractivity contribution in [2.24, 2.45) is 0 Å². The first-order chi connectivity index (χ1) is 9.04. The fourth-order valence-corrected chi connectivity index (χ4v) is 2.95. The van der Waals surface area contributed by atoms with E-state index in [4.69, 9.17) is 5.73 Å². The Morgan fingerprint density at radius 1 is 1.26 bits per heavy atom. The first-order valence-electron chi connectivity index (χ1n) is 5.72. The first-order valence-corrected chi connectivity index (χ1v) is 7.20. The molecule has 0 heterocycles. The zero-order chi connectivity index (χ0) is 13.9. The van der Waals surface area contributed by atoms with E-state index in [0.29, 0.717) is 11.1 Å². The van der Waals surface area contributed by atoms with Crippen LogP contribution in [0.2, 0.25) is 0 Å². The lowest BCUT2D eigenvalue weighted by molar-refractivity contribution is 0.587. The SMILES string of the molecule is CC#CCNS(=O)(=O)c1cccc2cc(N)ccc12. The Labute approximate surface area is 112 Å². The summed E-state index contributed by atoms with van der Waals surface area (Å²) in [5, 5.41) is 1.44. The molecule has 5 heteroatoms. The van der Waals surface area contributed by atoms with Gasteiger partial charge in [-0.2, -0.15) is 4.72 Å². The molecular weight excluding hydrogens is 260 g/mol. The molecule has 0 bridgehead atoms. The van der Waals surface area contributed by atoms with Gasteiger partial charge in [0.15, 0.2) is 0 Å². The van der Waals surface area contributed by atoms with Gasteiger partial charge in [-0.1, -0.05) is 24.1 Å². The van der Waals surface area contributed by atoms with Gasteiger partial charge in [0.25, 0.3) is 0 Å². The summed E-state index contributed by atoms with van der Waals surface area (Å²) in [7, 11) is -3.57. The minimum absolute atomic E-state index is 0.101. The summed E-state index contributed by atoms with van der Waals surface area (Å²) in [6, 6.07) is 10.2. The van der Waals surface area contributed by atoms with Gasteiger partial charge < -0.3 is 5.73 Å². The van der Waals surface area contributed by atoms with E-state index >= 15 is 0 Å². The van der Waals surface area contributed by atoms with Crippen molar-refractivity contribution in [2.45, 2.75) is 11.8 Å². The largest absolute Gasteiger partial charge is 0.399 e. The molecule has 0 saturated carbocycles. The molecule has 3 N–H and O–H groups in total. The zero-order valence-electron chi connectivity index (χ0n) is 10.5. The number of anilines is 1. The summed E-state index contributed by atoms with van der Waals surface area (Å²) >= 11 is 0.